The van der Waals surface area contributed by atoms with E-state index in [9.17, 15) is 19.0 Å². The molecule has 0 heterocycles. The van der Waals surface area contributed by atoms with Crippen LogP contribution in [0.25, 0.3) is 0 Å². The van der Waals surface area contributed by atoms with E-state index in [0.29, 0.717) is 17.4 Å². The number of ether oxygens (including phenoxy) is 2. The molecule has 0 amide bonds. The van der Waals surface area contributed by atoms with Crippen LogP contribution in [0.5, 0.6) is 0 Å². The largest absolute Gasteiger partial charge is 0.756 e. The number of quaternary nitrogens is 1. The average molecular weight is 1370 g/mol. The lowest BCUT2D eigenvalue weighted by Gasteiger charge is -2.28. The van der Waals surface area contributed by atoms with Crippen molar-refractivity contribution in [3.05, 3.63) is 207 Å². The maximum absolute atomic E-state index is 12.9. The molecule has 0 saturated carbocycles. The number of rotatable bonds is 69. The first-order chi connectivity index (χ1) is 48.0. The zero-order valence-corrected chi connectivity index (χ0v) is 63.8. The van der Waals surface area contributed by atoms with Crippen molar-refractivity contribution in [1.82, 2.24) is 0 Å². The first kappa shape index (κ1) is 92.6. The Labute approximate surface area is 602 Å². The maximum atomic E-state index is 12.9. The van der Waals surface area contributed by atoms with Crippen LogP contribution in [0, 0.1) is 0 Å². The number of esters is 2. The van der Waals surface area contributed by atoms with Crippen LogP contribution in [-0.2, 0) is 32.7 Å². The van der Waals surface area contributed by atoms with Crippen LogP contribution in [0.4, 0.5) is 0 Å². The Balaban J connectivity index is 4.09. The summed E-state index contributed by atoms with van der Waals surface area (Å²) in [5, 5.41) is 0. The van der Waals surface area contributed by atoms with Crippen LogP contribution >= 0.6 is 7.82 Å². The molecular formula is C88H142NO8P. The van der Waals surface area contributed by atoms with Gasteiger partial charge in [0.1, 0.15) is 19.8 Å². The van der Waals surface area contributed by atoms with Gasteiger partial charge in [0.05, 0.1) is 27.7 Å². The van der Waals surface area contributed by atoms with Crippen LogP contribution in [0.2, 0.25) is 0 Å². The number of allylic oxidation sites excluding steroid dienone is 34. The fourth-order valence-corrected chi connectivity index (χ4v) is 10.7. The molecule has 10 heteroatoms. The Bertz CT molecular complexity index is 2410. The van der Waals surface area contributed by atoms with Crippen molar-refractivity contribution in [1.29, 1.82) is 0 Å². The molecule has 2 unspecified atom stereocenters. The quantitative estimate of drug-likeness (QED) is 0.0195. The molecule has 98 heavy (non-hydrogen) atoms. The van der Waals surface area contributed by atoms with Crippen molar-refractivity contribution < 1.29 is 42.1 Å². The predicted octanol–water partition coefficient (Wildman–Crippen LogP) is 25.5. The van der Waals surface area contributed by atoms with Gasteiger partial charge in [0.2, 0.25) is 0 Å². The number of phosphoric acid groups is 1. The molecule has 0 aliphatic carbocycles. The Morgan fingerprint density at radius 3 is 0.816 bits per heavy atom. The summed E-state index contributed by atoms with van der Waals surface area (Å²) in [7, 11) is 1.13. The van der Waals surface area contributed by atoms with Gasteiger partial charge < -0.3 is 27.9 Å². The van der Waals surface area contributed by atoms with Crippen LogP contribution < -0.4 is 4.89 Å². The zero-order chi connectivity index (χ0) is 71.1. The fraction of sp³-hybridized carbons (Fsp3) is 0.591. The molecule has 0 rings (SSSR count). The van der Waals surface area contributed by atoms with Crippen molar-refractivity contribution in [2.75, 3.05) is 47.5 Å². The predicted molar refractivity (Wildman–Crippen MR) is 424 cm³/mol. The second-order valence-electron chi connectivity index (χ2n) is 26.3. The highest BCUT2D eigenvalue weighted by Crippen LogP contribution is 2.38. The van der Waals surface area contributed by atoms with Crippen molar-refractivity contribution >= 4 is 19.8 Å². The number of carbonyl (C=O) groups is 2. The Morgan fingerprint density at radius 2 is 0.551 bits per heavy atom. The molecule has 0 fully saturated rings. The van der Waals surface area contributed by atoms with Gasteiger partial charge in [-0.15, -0.1) is 0 Å². The number of carbonyl (C=O) groups excluding carboxylic acids is 2. The second-order valence-corrected chi connectivity index (χ2v) is 27.7. The second kappa shape index (κ2) is 75.8. The fourth-order valence-electron chi connectivity index (χ4n) is 9.96. The van der Waals surface area contributed by atoms with Crippen LogP contribution in [-0.4, -0.2) is 70.0 Å². The molecule has 552 valence electrons. The Kier molecular flexibility index (Phi) is 71.6. The summed E-state index contributed by atoms with van der Waals surface area (Å²) in [5.41, 5.74) is 0. The Hall–Kier alpha value is -5.41. The minimum absolute atomic E-state index is 0.0446. The summed E-state index contributed by atoms with van der Waals surface area (Å²) in [5.74, 6) is -0.864. The van der Waals surface area contributed by atoms with Crippen molar-refractivity contribution in [3.8, 4) is 0 Å². The molecule has 2 atom stereocenters. The van der Waals surface area contributed by atoms with E-state index in [0.717, 1.165) is 167 Å². The number of phosphoric ester groups is 1. The van der Waals surface area contributed by atoms with Gasteiger partial charge in [-0.05, 0) is 148 Å². The van der Waals surface area contributed by atoms with E-state index in [4.69, 9.17) is 18.5 Å². The molecular weight excluding hydrogens is 1230 g/mol. The lowest BCUT2D eigenvalue weighted by Crippen LogP contribution is -2.37. The van der Waals surface area contributed by atoms with Crippen LogP contribution in [0.1, 0.15) is 284 Å². The molecule has 9 nitrogen and oxygen atoms in total. The van der Waals surface area contributed by atoms with Gasteiger partial charge in [-0.2, -0.15) is 0 Å². The van der Waals surface area contributed by atoms with Gasteiger partial charge in [0.25, 0.3) is 7.82 Å². The lowest BCUT2D eigenvalue weighted by molar-refractivity contribution is -0.870. The summed E-state index contributed by atoms with van der Waals surface area (Å²) in [4.78, 5) is 38.2. The van der Waals surface area contributed by atoms with E-state index < -0.39 is 32.5 Å². The van der Waals surface area contributed by atoms with Crippen LogP contribution in [0.3, 0.4) is 0 Å². The Morgan fingerprint density at radius 1 is 0.316 bits per heavy atom. The van der Waals surface area contributed by atoms with E-state index in [-0.39, 0.29) is 26.1 Å². The maximum Gasteiger partial charge on any atom is 0.306 e. The first-order valence-electron chi connectivity index (χ1n) is 38.8. The molecule has 0 saturated heterocycles. The van der Waals surface area contributed by atoms with Gasteiger partial charge in [-0.3, -0.25) is 14.2 Å². The lowest BCUT2D eigenvalue weighted by atomic mass is 10.0. The van der Waals surface area contributed by atoms with Crippen LogP contribution in [0.15, 0.2) is 207 Å². The van der Waals surface area contributed by atoms with Gasteiger partial charge in [-0.25, -0.2) is 0 Å². The third-order valence-electron chi connectivity index (χ3n) is 15.8. The van der Waals surface area contributed by atoms with Gasteiger partial charge in [-0.1, -0.05) is 330 Å². The number of likely N-dealkylation sites (N-methyl/N-ethyl adjacent to an activating group) is 1. The summed E-state index contributed by atoms with van der Waals surface area (Å²) >= 11 is 0. The van der Waals surface area contributed by atoms with Gasteiger partial charge >= 0.3 is 11.9 Å². The molecule has 0 N–H and O–H groups in total. The zero-order valence-electron chi connectivity index (χ0n) is 62.9. The third-order valence-corrected chi connectivity index (χ3v) is 16.8. The van der Waals surface area contributed by atoms with Crippen molar-refractivity contribution in [2.24, 2.45) is 0 Å². The molecule has 0 bridgehead atoms. The number of unbranched alkanes of at least 4 members (excludes halogenated alkanes) is 21. The standard InChI is InChI=1S/C88H142NO8P/c1-6-8-10-12-14-16-18-20-22-24-26-28-30-32-34-36-38-40-41-42-43-44-45-46-47-49-50-52-54-56-58-60-62-64-66-68-70-72-74-76-78-80-87(90)94-84-86(85-96-98(92,93)95-83-82-89(3,4)5)97-88(91)81-79-77-75-73-71-69-67-65-63-61-59-57-55-53-51-48-39-37-35-33-31-29-27-25-23-21-19-17-15-13-11-9-7-2/h8-11,14-17,20-23,26-29,32-35,38-40,42-43,45-46,48,53,55,59,61,65,67,86H,6-7,12-13,18-19,24-25,30-31,36-37,41,44,47,49-52,54,56-58,60,62-64,66,68-85H2,1-5H3/b10-8-,11-9-,16-14-,17-15-,22-20-,23-21-,28-26-,29-27-,34-32-,35-33-,40-38-,43-42-,46-45-,48-39-,55-53-,61-59-,67-65-. The summed E-state index contributed by atoms with van der Waals surface area (Å²) in [6.45, 7) is 3.98. The summed E-state index contributed by atoms with van der Waals surface area (Å²) < 4.78 is 34.3. The van der Waals surface area contributed by atoms with E-state index in [1.165, 1.54) is 83.5 Å². The summed E-state index contributed by atoms with van der Waals surface area (Å²) in [6, 6.07) is 0. The summed E-state index contributed by atoms with van der Waals surface area (Å²) in [6.07, 6.45) is 119. The van der Waals surface area contributed by atoms with E-state index in [2.05, 4.69) is 220 Å². The van der Waals surface area contributed by atoms with Gasteiger partial charge in [0.15, 0.2) is 6.10 Å². The monoisotopic (exact) mass is 1370 g/mol. The van der Waals surface area contributed by atoms with Crippen molar-refractivity contribution in [3.63, 3.8) is 0 Å². The smallest absolute Gasteiger partial charge is 0.306 e. The normalized spacial score (nSPS) is 14.2. The number of hydrogen-bond acceptors (Lipinski definition) is 8. The minimum Gasteiger partial charge on any atom is -0.756 e. The first-order valence-corrected chi connectivity index (χ1v) is 40.3. The molecule has 0 spiro atoms. The number of nitrogens with zero attached hydrogens (tertiary/aromatic N) is 1. The molecule has 0 aromatic rings. The topological polar surface area (TPSA) is 111 Å². The van der Waals surface area contributed by atoms with Gasteiger partial charge in [0, 0.05) is 12.8 Å². The molecule has 0 aliphatic heterocycles. The van der Waals surface area contributed by atoms with E-state index in [1.54, 1.807) is 0 Å². The highest BCUT2D eigenvalue weighted by atomic mass is 31.2. The highest BCUT2D eigenvalue weighted by molar-refractivity contribution is 7.45. The third kappa shape index (κ3) is 79.6. The SMILES string of the molecule is CC/C=C\C/C=C\C/C=C\C/C=C\C/C=C\C/C=C\C/C=C\C/C=C\C/C=C\CCCCCCCC(=O)OC(COC(=O)CCCCCCCCCCCCCCCCCC/C=C\C/C=C\C/C=C\C/C=C\C/C=C\C/C=C\C/C=C\C/C=C\CC)COP(=O)([O-])OCC[N+](C)(C)C. The molecule has 0 aromatic heterocycles. The van der Waals surface area contributed by atoms with E-state index in [1.807, 2.05) is 21.1 Å². The average Bonchev–Trinajstić information content (AvgIpc) is 1.08. The molecule has 0 aliphatic rings. The number of hydrogen-bond donors (Lipinski definition) is 0. The minimum atomic E-state index is -4.66. The van der Waals surface area contributed by atoms with Crippen molar-refractivity contribution in [2.45, 2.75) is 290 Å². The molecule has 0 radical (unpaired) electrons. The molecule has 0 aromatic carbocycles. The van der Waals surface area contributed by atoms with E-state index >= 15 is 0 Å². The highest BCUT2D eigenvalue weighted by Gasteiger charge is 2.22.